The normalized spacial score (nSPS) is 10.6. The first-order chi connectivity index (χ1) is 12.9. The topological polar surface area (TPSA) is 110 Å². The van der Waals surface area contributed by atoms with Gasteiger partial charge in [-0.1, -0.05) is 12.1 Å². The molecule has 0 spiro atoms. The Kier molecular flexibility index (Phi) is 5.41. The van der Waals surface area contributed by atoms with E-state index in [2.05, 4.69) is 20.6 Å². The third-order valence-electron chi connectivity index (χ3n) is 3.38. The molecule has 0 aliphatic heterocycles. The summed E-state index contributed by atoms with van der Waals surface area (Å²) in [6.07, 6.45) is 0.162. The van der Waals surface area contributed by atoms with Crippen molar-refractivity contribution < 1.29 is 19.1 Å². The lowest BCUT2D eigenvalue weighted by Gasteiger charge is -2.09. The van der Waals surface area contributed by atoms with Crippen molar-refractivity contribution in [1.29, 1.82) is 0 Å². The molecule has 27 heavy (non-hydrogen) atoms. The Morgan fingerprint density at radius 3 is 2.56 bits per heavy atom. The summed E-state index contributed by atoms with van der Waals surface area (Å²) in [5.41, 5.74) is 1.54. The molecule has 0 aliphatic rings. The average Bonchev–Trinajstić information content (AvgIpc) is 3.08. The first kappa shape index (κ1) is 18.5. The molecule has 3 aromatic rings. The van der Waals surface area contributed by atoms with Crippen molar-refractivity contribution in [2.75, 3.05) is 5.32 Å². The van der Waals surface area contributed by atoms with Gasteiger partial charge in [-0.05, 0) is 37.4 Å². The molecule has 8 nitrogen and oxygen atoms in total. The lowest BCUT2D eigenvalue weighted by atomic mass is 10.2. The Balaban J connectivity index is 1.74. The number of anilines is 1. The highest BCUT2D eigenvalue weighted by atomic mass is 32.1. The summed E-state index contributed by atoms with van der Waals surface area (Å²) in [7, 11) is 0. The summed E-state index contributed by atoms with van der Waals surface area (Å²) in [6.45, 7) is 3.34. The molecule has 0 atom stereocenters. The number of hydrogen-bond acceptors (Lipinski definition) is 7. The molecule has 2 heterocycles. The van der Waals surface area contributed by atoms with Crippen LogP contribution in [0.25, 0.3) is 11.0 Å². The summed E-state index contributed by atoms with van der Waals surface area (Å²) in [6, 6.07) is 8.68. The number of imide groups is 1. The lowest BCUT2D eigenvalue weighted by molar-refractivity contribution is 0.0877. The quantitative estimate of drug-likeness (QED) is 0.715. The number of carbonyl (C=O) groups excluding carboxylic acids is 3. The summed E-state index contributed by atoms with van der Waals surface area (Å²) in [4.78, 5) is 44.7. The van der Waals surface area contributed by atoms with Gasteiger partial charge in [0.2, 0.25) is 0 Å². The molecule has 0 aliphatic carbocycles. The van der Waals surface area contributed by atoms with Crippen molar-refractivity contribution in [3.63, 3.8) is 0 Å². The number of hydrogen-bond donors (Lipinski definition) is 2. The molecule has 0 radical (unpaired) electrons. The minimum absolute atomic E-state index is 0.118. The molecule has 0 unspecified atom stereocenters. The van der Waals surface area contributed by atoms with Crippen LogP contribution >= 0.6 is 11.3 Å². The number of carbonyl (C=O) groups is 3. The zero-order valence-electron chi connectivity index (χ0n) is 14.6. The zero-order chi connectivity index (χ0) is 19.4. The van der Waals surface area contributed by atoms with Gasteiger partial charge < -0.3 is 10.1 Å². The maximum absolute atomic E-state index is 12.5. The van der Waals surface area contributed by atoms with Gasteiger partial charge in [0.25, 0.3) is 11.8 Å². The molecule has 1 aromatic carbocycles. The molecule has 0 bridgehead atoms. The monoisotopic (exact) mass is 384 g/mol. The van der Waals surface area contributed by atoms with Crippen LogP contribution in [0.15, 0.2) is 41.9 Å². The van der Waals surface area contributed by atoms with E-state index in [4.69, 9.17) is 4.74 Å². The predicted molar refractivity (Wildman–Crippen MR) is 101 cm³/mol. The molecule has 138 valence electrons. The second-order valence-corrected chi connectivity index (χ2v) is 6.69. The molecule has 2 N–H and O–H groups in total. The number of ether oxygens (including phenoxy) is 1. The van der Waals surface area contributed by atoms with Crippen LogP contribution in [0, 0.1) is 0 Å². The van der Waals surface area contributed by atoms with Crippen LogP contribution in [0.3, 0.4) is 0 Å². The van der Waals surface area contributed by atoms with Crippen molar-refractivity contribution in [1.82, 2.24) is 15.3 Å². The fourth-order valence-electron chi connectivity index (χ4n) is 2.22. The molecule has 0 saturated carbocycles. The number of aromatic nitrogens is 2. The summed E-state index contributed by atoms with van der Waals surface area (Å²) in [5, 5.41) is 6.67. The van der Waals surface area contributed by atoms with Gasteiger partial charge in [-0.15, -0.1) is 11.3 Å². The number of nitrogens with zero attached hydrogens (tertiary/aromatic N) is 2. The van der Waals surface area contributed by atoms with E-state index in [9.17, 15) is 14.4 Å². The molecule has 3 rings (SSSR count). The van der Waals surface area contributed by atoms with Gasteiger partial charge in [0.1, 0.15) is 10.7 Å². The molecule has 2 aromatic heterocycles. The highest BCUT2D eigenvalue weighted by Crippen LogP contribution is 2.24. The van der Waals surface area contributed by atoms with E-state index in [1.807, 2.05) is 6.07 Å². The Hall–Kier alpha value is -3.33. The van der Waals surface area contributed by atoms with Crippen molar-refractivity contribution in [2.45, 2.75) is 20.0 Å². The average molecular weight is 384 g/mol. The molecule has 0 fully saturated rings. The Labute approximate surface area is 158 Å². The number of fused-ring (bicyclic) bond motifs is 1. The second-order valence-electron chi connectivity index (χ2n) is 5.77. The highest BCUT2D eigenvalue weighted by molar-refractivity contribution is 7.14. The van der Waals surface area contributed by atoms with Crippen LogP contribution in [0.2, 0.25) is 0 Å². The van der Waals surface area contributed by atoms with Crippen molar-refractivity contribution in [2.24, 2.45) is 0 Å². The Morgan fingerprint density at radius 1 is 1.07 bits per heavy atom. The summed E-state index contributed by atoms with van der Waals surface area (Å²) in [5.74, 6) is -1.17. The second kappa shape index (κ2) is 7.92. The maximum Gasteiger partial charge on any atom is 0.414 e. The highest BCUT2D eigenvalue weighted by Gasteiger charge is 2.19. The van der Waals surface area contributed by atoms with Crippen molar-refractivity contribution >= 4 is 45.3 Å². The standard InChI is InChI=1S/C18H16N4O4S/c1-10(2)26-18(25)22-15(23)11-7-8-27-17(11)21-16(24)14-9-19-12-5-3-4-6-13(12)20-14/h3-10H,1-2H3,(H,21,24)(H,22,23,25). The molecule has 0 saturated heterocycles. The van der Waals surface area contributed by atoms with E-state index < -0.39 is 17.9 Å². The van der Waals surface area contributed by atoms with Gasteiger partial charge in [-0.3, -0.25) is 19.9 Å². The van der Waals surface area contributed by atoms with E-state index in [0.717, 1.165) is 11.3 Å². The molecular weight excluding hydrogens is 368 g/mol. The number of nitrogens with one attached hydrogen (secondary N) is 2. The van der Waals surface area contributed by atoms with Crippen LogP contribution in [0.4, 0.5) is 9.80 Å². The third kappa shape index (κ3) is 4.45. The smallest absolute Gasteiger partial charge is 0.414 e. The molecular formula is C18H16N4O4S. The van der Waals surface area contributed by atoms with Gasteiger partial charge in [0.15, 0.2) is 0 Å². The number of amides is 3. The minimum Gasteiger partial charge on any atom is -0.447 e. The van der Waals surface area contributed by atoms with Gasteiger partial charge >= 0.3 is 6.09 Å². The van der Waals surface area contributed by atoms with Crippen LogP contribution in [-0.2, 0) is 4.74 Å². The Bertz CT molecular complexity index is 1020. The summed E-state index contributed by atoms with van der Waals surface area (Å²) >= 11 is 1.15. The summed E-state index contributed by atoms with van der Waals surface area (Å²) < 4.78 is 4.88. The maximum atomic E-state index is 12.5. The third-order valence-corrected chi connectivity index (χ3v) is 4.21. The van der Waals surface area contributed by atoms with E-state index in [1.54, 1.807) is 37.4 Å². The van der Waals surface area contributed by atoms with Gasteiger partial charge in [0.05, 0.1) is 28.9 Å². The number of benzene rings is 1. The minimum atomic E-state index is -0.848. The van der Waals surface area contributed by atoms with Crippen molar-refractivity contribution in [3.05, 3.63) is 53.2 Å². The van der Waals surface area contributed by atoms with Crippen LogP contribution in [0.5, 0.6) is 0 Å². The predicted octanol–water partition coefficient (Wildman–Crippen LogP) is 3.22. The number of para-hydroxylation sites is 2. The van der Waals surface area contributed by atoms with Gasteiger partial charge in [0, 0.05) is 0 Å². The van der Waals surface area contributed by atoms with E-state index in [0.29, 0.717) is 16.0 Å². The first-order valence-corrected chi connectivity index (χ1v) is 8.94. The van der Waals surface area contributed by atoms with Crippen LogP contribution in [0.1, 0.15) is 34.7 Å². The number of thiophene rings is 1. The molecule has 3 amide bonds. The fourth-order valence-corrected chi connectivity index (χ4v) is 3.00. The van der Waals surface area contributed by atoms with Crippen LogP contribution < -0.4 is 10.6 Å². The zero-order valence-corrected chi connectivity index (χ0v) is 15.4. The molecule has 9 heteroatoms. The number of rotatable bonds is 4. The lowest BCUT2D eigenvalue weighted by Crippen LogP contribution is -2.33. The first-order valence-electron chi connectivity index (χ1n) is 8.06. The van der Waals surface area contributed by atoms with Crippen LogP contribution in [-0.4, -0.2) is 34.0 Å². The largest absolute Gasteiger partial charge is 0.447 e. The number of alkyl carbamates (subject to hydrolysis) is 1. The fraction of sp³-hybridized carbons (Fsp3) is 0.167. The van der Waals surface area contributed by atoms with Crippen molar-refractivity contribution in [3.8, 4) is 0 Å². The van der Waals surface area contributed by atoms with E-state index >= 15 is 0 Å². The Morgan fingerprint density at radius 2 is 1.81 bits per heavy atom. The van der Waals surface area contributed by atoms with E-state index in [-0.39, 0.29) is 17.4 Å². The van der Waals surface area contributed by atoms with E-state index in [1.165, 1.54) is 12.3 Å². The van der Waals surface area contributed by atoms with Gasteiger partial charge in [-0.2, -0.15) is 0 Å². The van der Waals surface area contributed by atoms with Gasteiger partial charge in [-0.25, -0.2) is 9.78 Å². The SMILES string of the molecule is CC(C)OC(=O)NC(=O)c1ccsc1NC(=O)c1cnc2ccccc2n1.